The standard InChI is InChI=1S/C17H24N2O2.C17H22N2O2.CH4O/c2*1-16(2,3)21-15(20)19-11-8-17(9-12-19)7-6-13-5-4-10-18-14(13)17;1-2/h4-5,10H,6-9,11-12H2,1-3H3;4-7,10H,8-9,11-12H2,1-3H3;2H,1H3. The molecular weight excluding hydrogens is 556 g/mol. The van der Waals surface area contributed by atoms with Gasteiger partial charge in [-0.05, 0) is 103 Å². The number of aryl methyl sites for hydroxylation is 1. The number of piperidine rings is 2. The average molecular weight is 607 g/mol. The number of hydrogen-bond donors (Lipinski definition) is 1. The number of nitrogens with zero attached hydrogens (tertiary/aromatic N) is 4. The van der Waals surface area contributed by atoms with E-state index < -0.39 is 11.2 Å². The monoisotopic (exact) mass is 606 g/mol. The molecule has 0 atom stereocenters. The van der Waals surface area contributed by atoms with Crippen LogP contribution in [-0.2, 0) is 26.7 Å². The van der Waals surface area contributed by atoms with Crippen molar-refractivity contribution in [1.29, 1.82) is 0 Å². The Morgan fingerprint density at radius 1 is 0.750 bits per heavy atom. The number of allylic oxidation sites excluding steroid dienone is 1. The van der Waals surface area contributed by atoms with Gasteiger partial charge in [0.15, 0.2) is 0 Å². The summed E-state index contributed by atoms with van der Waals surface area (Å²) in [5, 5.41) is 7.00. The van der Waals surface area contributed by atoms with Crippen LogP contribution in [0.5, 0.6) is 0 Å². The lowest BCUT2D eigenvalue weighted by Crippen LogP contribution is -2.46. The fourth-order valence-electron chi connectivity index (χ4n) is 6.66. The average Bonchev–Trinajstić information content (AvgIpc) is 3.52. The van der Waals surface area contributed by atoms with Crippen molar-refractivity contribution in [3.8, 4) is 0 Å². The first-order valence-electron chi connectivity index (χ1n) is 15.8. The van der Waals surface area contributed by atoms with Crippen LogP contribution in [0.1, 0.15) is 96.2 Å². The highest BCUT2D eigenvalue weighted by molar-refractivity contribution is 5.69. The van der Waals surface area contributed by atoms with E-state index in [-0.39, 0.29) is 23.0 Å². The van der Waals surface area contributed by atoms with Crippen molar-refractivity contribution >= 4 is 18.3 Å². The van der Waals surface area contributed by atoms with Crippen molar-refractivity contribution in [2.75, 3.05) is 33.3 Å². The van der Waals surface area contributed by atoms with Crippen LogP contribution in [0.3, 0.4) is 0 Å². The number of carbonyl (C=O) groups is 2. The molecule has 4 heterocycles. The molecule has 0 radical (unpaired) electrons. The number of rotatable bonds is 0. The summed E-state index contributed by atoms with van der Waals surface area (Å²) in [4.78, 5) is 37.1. The molecule has 0 unspecified atom stereocenters. The normalized spacial score (nSPS) is 19.3. The molecule has 2 amide bonds. The molecule has 0 aromatic carbocycles. The summed E-state index contributed by atoms with van der Waals surface area (Å²) >= 11 is 0. The maximum absolute atomic E-state index is 12.2. The molecule has 0 bridgehead atoms. The van der Waals surface area contributed by atoms with Gasteiger partial charge in [-0.1, -0.05) is 24.3 Å². The predicted molar refractivity (Wildman–Crippen MR) is 171 cm³/mol. The van der Waals surface area contributed by atoms with Gasteiger partial charge in [0.25, 0.3) is 0 Å². The number of aliphatic hydroxyl groups is 1. The zero-order valence-corrected chi connectivity index (χ0v) is 27.6. The van der Waals surface area contributed by atoms with Gasteiger partial charge in [-0.2, -0.15) is 0 Å². The first-order chi connectivity index (χ1) is 20.8. The number of carbonyl (C=O) groups excluding carboxylic acids is 2. The molecule has 2 fully saturated rings. The van der Waals surface area contributed by atoms with E-state index in [2.05, 4.69) is 34.3 Å². The molecule has 0 saturated carbocycles. The Morgan fingerprint density at radius 2 is 1.25 bits per heavy atom. The Hall–Kier alpha value is -3.46. The van der Waals surface area contributed by atoms with Crippen LogP contribution in [0.2, 0.25) is 0 Å². The van der Waals surface area contributed by atoms with E-state index in [0.717, 1.165) is 71.1 Å². The molecule has 6 rings (SSSR count). The van der Waals surface area contributed by atoms with Gasteiger partial charge in [0, 0.05) is 62.2 Å². The van der Waals surface area contributed by atoms with Crippen LogP contribution in [-0.4, -0.2) is 81.6 Å². The molecule has 2 aromatic heterocycles. The number of pyridine rings is 2. The molecule has 9 nitrogen and oxygen atoms in total. The molecule has 9 heteroatoms. The van der Waals surface area contributed by atoms with Crippen molar-refractivity contribution in [3.05, 3.63) is 65.2 Å². The molecule has 2 aliphatic carbocycles. The Bertz CT molecular complexity index is 1320. The highest BCUT2D eigenvalue weighted by Gasteiger charge is 2.44. The number of aliphatic hydroxyl groups excluding tert-OH is 1. The Labute approximate surface area is 262 Å². The SMILES string of the molecule is CC(C)(C)OC(=O)N1CCC2(C=Cc3cccnc32)CC1.CC(C)(C)OC(=O)N1CCC2(CCc3cccnc32)CC1.CO. The van der Waals surface area contributed by atoms with Gasteiger partial charge in [-0.25, -0.2) is 9.59 Å². The summed E-state index contributed by atoms with van der Waals surface area (Å²) in [7, 11) is 1.00. The van der Waals surface area contributed by atoms with Crippen LogP contribution >= 0.6 is 0 Å². The van der Waals surface area contributed by atoms with Gasteiger partial charge in [0.1, 0.15) is 11.2 Å². The van der Waals surface area contributed by atoms with E-state index in [9.17, 15) is 9.59 Å². The zero-order chi connectivity index (χ0) is 32.2. The van der Waals surface area contributed by atoms with Crippen molar-refractivity contribution in [1.82, 2.24) is 19.8 Å². The lowest BCUT2D eigenvalue weighted by molar-refractivity contribution is 0.0157. The molecule has 2 saturated heterocycles. The summed E-state index contributed by atoms with van der Waals surface area (Å²) in [5.41, 5.74) is 4.38. The quantitative estimate of drug-likeness (QED) is 0.376. The third-order valence-electron chi connectivity index (χ3n) is 8.84. The van der Waals surface area contributed by atoms with Gasteiger partial charge in [0.05, 0.1) is 5.69 Å². The molecule has 44 heavy (non-hydrogen) atoms. The second-order valence-corrected chi connectivity index (χ2v) is 14.2. The number of likely N-dealkylation sites (tertiary alicyclic amines) is 2. The summed E-state index contributed by atoms with van der Waals surface area (Å²) in [6.07, 6.45) is 13.9. The highest BCUT2D eigenvalue weighted by Crippen LogP contribution is 2.45. The molecule has 4 aliphatic rings. The van der Waals surface area contributed by atoms with Crippen molar-refractivity contribution < 1.29 is 24.2 Å². The van der Waals surface area contributed by atoms with E-state index in [1.54, 1.807) is 0 Å². The highest BCUT2D eigenvalue weighted by atomic mass is 16.6. The van der Waals surface area contributed by atoms with Crippen LogP contribution < -0.4 is 0 Å². The van der Waals surface area contributed by atoms with Gasteiger partial charge < -0.3 is 24.4 Å². The molecule has 2 aromatic rings. The summed E-state index contributed by atoms with van der Waals surface area (Å²) in [6.45, 7) is 14.4. The topological polar surface area (TPSA) is 105 Å². The van der Waals surface area contributed by atoms with Crippen molar-refractivity contribution in [3.63, 3.8) is 0 Å². The number of fused-ring (bicyclic) bond motifs is 4. The predicted octanol–water partition coefficient (Wildman–Crippen LogP) is 6.28. The lowest BCUT2D eigenvalue weighted by atomic mass is 9.76. The van der Waals surface area contributed by atoms with Crippen LogP contribution in [0.25, 0.3) is 6.08 Å². The minimum Gasteiger partial charge on any atom is -0.444 e. The largest absolute Gasteiger partial charge is 0.444 e. The van der Waals surface area contributed by atoms with Crippen LogP contribution in [0, 0.1) is 0 Å². The van der Waals surface area contributed by atoms with E-state index in [1.807, 2.05) is 75.9 Å². The number of ether oxygens (including phenoxy) is 2. The number of amides is 2. The van der Waals surface area contributed by atoms with Crippen molar-refractivity contribution in [2.24, 2.45) is 0 Å². The Balaban J connectivity index is 0.000000190. The van der Waals surface area contributed by atoms with Gasteiger partial charge in [-0.3, -0.25) is 9.97 Å². The second kappa shape index (κ2) is 13.3. The third kappa shape index (κ3) is 7.60. The maximum atomic E-state index is 12.2. The van der Waals surface area contributed by atoms with E-state index in [1.165, 1.54) is 23.2 Å². The smallest absolute Gasteiger partial charge is 0.410 e. The van der Waals surface area contributed by atoms with Gasteiger partial charge in [-0.15, -0.1) is 0 Å². The lowest BCUT2D eigenvalue weighted by Gasteiger charge is -2.39. The summed E-state index contributed by atoms with van der Waals surface area (Å²) in [6, 6.07) is 8.29. The van der Waals surface area contributed by atoms with Gasteiger partial charge in [0.2, 0.25) is 0 Å². The maximum Gasteiger partial charge on any atom is 0.410 e. The molecule has 240 valence electrons. The first kappa shape index (κ1) is 33.4. The van der Waals surface area contributed by atoms with Crippen LogP contribution in [0.15, 0.2) is 42.7 Å². The fraction of sp³-hybridized carbons (Fsp3) is 0.600. The van der Waals surface area contributed by atoms with Gasteiger partial charge >= 0.3 is 12.2 Å². The minimum absolute atomic E-state index is 0.00903. The number of hydrogen-bond acceptors (Lipinski definition) is 7. The first-order valence-corrected chi connectivity index (χ1v) is 15.8. The molecule has 2 spiro atoms. The fourth-order valence-corrected chi connectivity index (χ4v) is 6.66. The van der Waals surface area contributed by atoms with Crippen molar-refractivity contribution in [2.45, 2.75) is 102 Å². The minimum atomic E-state index is -0.437. The van der Waals surface area contributed by atoms with E-state index >= 15 is 0 Å². The molecule has 1 N–H and O–H groups in total. The van der Waals surface area contributed by atoms with E-state index in [0.29, 0.717) is 0 Å². The molecule has 2 aliphatic heterocycles. The summed E-state index contributed by atoms with van der Waals surface area (Å²) in [5.74, 6) is 0. The zero-order valence-electron chi connectivity index (χ0n) is 27.6. The van der Waals surface area contributed by atoms with E-state index in [4.69, 9.17) is 14.6 Å². The molecular formula is C35H50N4O5. The van der Waals surface area contributed by atoms with Crippen LogP contribution in [0.4, 0.5) is 9.59 Å². The third-order valence-corrected chi connectivity index (χ3v) is 8.84. The Kier molecular flexibility index (Phi) is 10.1. The second-order valence-electron chi connectivity index (χ2n) is 14.2. The number of aromatic nitrogens is 2. The Morgan fingerprint density at radius 3 is 1.80 bits per heavy atom. The summed E-state index contributed by atoms with van der Waals surface area (Å²) < 4.78 is 10.9.